The van der Waals surface area contributed by atoms with Crippen molar-refractivity contribution in [1.29, 1.82) is 0 Å². The van der Waals surface area contributed by atoms with E-state index in [1.807, 2.05) is 31.2 Å². The van der Waals surface area contributed by atoms with E-state index in [4.69, 9.17) is 9.47 Å². The van der Waals surface area contributed by atoms with Crippen LogP contribution in [0.4, 0.5) is 0 Å². The molecule has 108 valence electrons. The molecule has 0 spiro atoms. The average molecular weight is 267 g/mol. The van der Waals surface area contributed by atoms with E-state index in [1.54, 1.807) is 14.2 Å². The molecule has 0 bridgehead atoms. The third-order valence-corrected chi connectivity index (χ3v) is 3.09. The fourth-order valence-corrected chi connectivity index (χ4v) is 2.00. The molecule has 1 aromatic carbocycles. The van der Waals surface area contributed by atoms with Crippen LogP contribution in [0.15, 0.2) is 24.3 Å². The van der Waals surface area contributed by atoms with Crippen LogP contribution in [-0.2, 0) is 11.2 Å². The van der Waals surface area contributed by atoms with Gasteiger partial charge in [-0.2, -0.15) is 0 Å². The Labute approximate surface area is 115 Å². The number of aliphatic hydroxyl groups is 1. The van der Waals surface area contributed by atoms with E-state index >= 15 is 0 Å². The second kappa shape index (κ2) is 8.15. The number of rotatable bonds is 9. The standard InChI is InChI=1S/C15H25NO3/c1-15(17,8-9-16-10-11-18-2)12-13-6-4-5-7-14(13)19-3/h4-7,16-17H,8-12H2,1-3H3. The molecule has 0 aromatic heterocycles. The summed E-state index contributed by atoms with van der Waals surface area (Å²) >= 11 is 0. The Kier molecular flexibility index (Phi) is 6.84. The lowest BCUT2D eigenvalue weighted by molar-refractivity contribution is 0.0504. The molecule has 0 aliphatic rings. The van der Waals surface area contributed by atoms with E-state index in [-0.39, 0.29) is 0 Å². The van der Waals surface area contributed by atoms with E-state index in [0.29, 0.717) is 19.4 Å². The summed E-state index contributed by atoms with van der Waals surface area (Å²) in [5.41, 5.74) is 0.293. The minimum Gasteiger partial charge on any atom is -0.496 e. The normalized spacial score (nSPS) is 14.1. The van der Waals surface area contributed by atoms with Gasteiger partial charge in [0, 0.05) is 20.1 Å². The second-order valence-electron chi connectivity index (χ2n) is 4.98. The first-order valence-corrected chi connectivity index (χ1v) is 6.63. The topological polar surface area (TPSA) is 50.7 Å². The zero-order valence-corrected chi connectivity index (χ0v) is 12.1. The predicted molar refractivity (Wildman–Crippen MR) is 76.7 cm³/mol. The van der Waals surface area contributed by atoms with Gasteiger partial charge in [-0.05, 0) is 31.5 Å². The van der Waals surface area contributed by atoms with Crippen molar-refractivity contribution < 1.29 is 14.6 Å². The quantitative estimate of drug-likeness (QED) is 0.668. The monoisotopic (exact) mass is 267 g/mol. The van der Waals surface area contributed by atoms with Crippen molar-refractivity contribution >= 4 is 0 Å². The minimum atomic E-state index is -0.741. The highest BCUT2D eigenvalue weighted by molar-refractivity contribution is 5.34. The number of methoxy groups -OCH3 is 2. The summed E-state index contributed by atoms with van der Waals surface area (Å²) in [4.78, 5) is 0. The van der Waals surface area contributed by atoms with E-state index in [2.05, 4.69) is 5.32 Å². The molecule has 1 atom stereocenters. The Bertz CT molecular complexity index is 366. The zero-order valence-electron chi connectivity index (χ0n) is 12.1. The molecule has 0 saturated heterocycles. The molecule has 1 unspecified atom stereocenters. The first kappa shape index (κ1) is 16.0. The number of hydrogen-bond donors (Lipinski definition) is 2. The van der Waals surface area contributed by atoms with Crippen molar-refractivity contribution in [2.24, 2.45) is 0 Å². The van der Waals surface area contributed by atoms with Gasteiger partial charge in [0.2, 0.25) is 0 Å². The summed E-state index contributed by atoms with van der Waals surface area (Å²) < 4.78 is 10.3. The molecule has 2 N–H and O–H groups in total. The van der Waals surface area contributed by atoms with Crippen LogP contribution in [-0.4, -0.2) is 44.6 Å². The number of para-hydroxylation sites is 1. The van der Waals surface area contributed by atoms with Gasteiger partial charge in [0.25, 0.3) is 0 Å². The molecular formula is C15H25NO3. The first-order valence-electron chi connectivity index (χ1n) is 6.63. The van der Waals surface area contributed by atoms with Crippen molar-refractivity contribution in [2.45, 2.75) is 25.4 Å². The maximum Gasteiger partial charge on any atom is 0.122 e. The SMILES string of the molecule is COCCNCCC(C)(O)Cc1ccccc1OC. The zero-order chi connectivity index (χ0) is 14.1. The highest BCUT2D eigenvalue weighted by Gasteiger charge is 2.22. The van der Waals surface area contributed by atoms with Gasteiger partial charge < -0.3 is 19.9 Å². The molecule has 0 aliphatic carbocycles. The Morgan fingerprint density at radius 2 is 1.95 bits per heavy atom. The number of ether oxygens (including phenoxy) is 2. The van der Waals surface area contributed by atoms with Gasteiger partial charge in [-0.1, -0.05) is 18.2 Å². The minimum absolute atomic E-state index is 0.586. The third-order valence-electron chi connectivity index (χ3n) is 3.09. The molecule has 0 radical (unpaired) electrons. The van der Waals surface area contributed by atoms with Gasteiger partial charge in [-0.3, -0.25) is 0 Å². The van der Waals surface area contributed by atoms with Gasteiger partial charge >= 0.3 is 0 Å². The van der Waals surface area contributed by atoms with Gasteiger partial charge in [-0.25, -0.2) is 0 Å². The van der Waals surface area contributed by atoms with Gasteiger partial charge in [0.05, 0.1) is 19.3 Å². The predicted octanol–water partition coefficient (Wildman–Crippen LogP) is 1.61. The van der Waals surface area contributed by atoms with Crippen LogP contribution >= 0.6 is 0 Å². The fourth-order valence-electron chi connectivity index (χ4n) is 2.00. The molecule has 19 heavy (non-hydrogen) atoms. The molecule has 0 heterocycles. The lowest BCUT2D eigenvalue weighted by Gasteiger charge is -2.24. The van der Waals surface area contributed by atoms with Crippen LogP contribution in [0.25, 0.3) is 0 Å². The van der Waals surface area contributed by atoms with Crippen LogP contribution in [0.2, 0.25) is 0 Å². The van der Waals surface area contributed by atoms with Crippen LogP contribution < -0.4 is 10.1 Å². The second-order valence-corrected chi connectivity index (χ2v) is 4.98. The number of nitrogens with one attached hydrogen (secondary N) is 1. The largest absolute Gasteiger partial charge is 0.496 e. The molecule has 0 saturated carbocycles. The smallest absolute Gasteiger partial charge is 0.122 e. The molecule has 0 aliphatic heterocycles. The van der Waals surface area contributed by atoms with Crippen molar-refractivity contribution in [3.8, 4) is 5.75 Å². The Morgan fingerprint density at radius 3 is 2.63 bits per heavy atom. The molecule has 0 amide bonds. The molecular weight excluding hydrogens is 242 g/mol. The lowest BCUT2D eigenvalue weighted by atomic mass is 9.93. The van der Waals surface area contributed by atoms with Crippen LogP contribution in [0.3, 0.4) is 0 Å². The summed E-state index contributed by atoms with van der Waals surface area (Å²) in [7, 11) is 3.33. The maximum atomic E-state index is 10.4. The Balaban J connectivity index is 2.44. The van der Waals surface area contributed by atoms with Crippen LogP contribution in [0.1, 0.15) is 18.9 Å². The summed E-state index contributed by atoms with van der Waals surface area (Å²) in [6, 6.07) is 7.81. The summed E-state index contributed by atoms with van der Waals surface area (Å²) in [6.45, 7) is 4.12. The molecule has 1 rings (SSSR count). The van der Waals surface area contributed by atoms with Crippen molar-refractivity contribution in [3.63, 3.8) is 0 Å². The van der Waals surface area contributed by atoms with E-state index in [9.17, 15) is 5.11 Å². The molecule has 1 aromatic rings. The van der Waals surface area contributed by atoms with Crippen LogP contribution in [0.5, 0.6) is 5.75 Å². The van der Waals surface area contributed by atoms with E-state index in [0.717, 1.165) is 24.4 Å². The third kappa shape index (κ3) is 6.05. The number of benzene rings is 1. The average Bonchev–Trinajstić information content (AvgIpc) is 2.38. The summed E-state index contributed by atoms with van der Waals surface area (Å²) in [5.74, 6) is 0.829. The maximum absolute atomic E-state index is 10.4. The molecule has 4 nitrogen and oxygen atoms in total. The van der Waals surface area contributed by atoms with Crippen LogP contribution in [0, 0.1) is 0 Å². The highest BCUT2D eigenvalue weighted by Crippen LogP contribution is 2.24. The van der Waals surface area contributed by atoms with E-state index < -0.39 is 5.60 Å². The number of hydrogen-bond acceptors (Lipinski definition) is 4. The summed E-state index contributed by atoms with van der Waals surface area (Å²) in [5, 5.41) is 13.7. The van der Waals surface area contributed by atoms with E-state index in [1.165, 1.54) is 0 Å². The Morgan fingerprint density at radius 1 is 1.21 bits per heavy atom. The van der Waals surface area contributed by atoms with Gasteiger partial charge in [-0.15, -0.1) is 0 Å². The Hall–Kier alpha value is -1.10. The van der Waals surface area contributed by atoms with Crippen molar-refractivity contribution in [2.75, 3.05) is 33.9 Å². The fraction of sp³-hybridized carbons (Fsp3) is 0.600. The lowest BCUT2D eigenvalue weighted by Crippen LogP contribution is -2.33. The summed E-state index contributed by atoms with van der Waals surface area (Å²) in [6.07, 6.45) is 1.28. The van der Waals surface area contributed by atoms with Gasteiger partial charge in [0.15, 0.2) is 0 Å². The van der Waals surface area contributed by atoms with Crippen molar-refractivity contribution in [1.82, 2.24) is 5.32 Å². The van der Waals surface area contributed by atoms with Crippen molar-refractivity contribution in [3.05, 3.63) is 29.8 Å². The highest BCUT2D eigenvalue weighted by atomic mass is 16.5. The molecule has 4 heteroatoms. The van der Waals surface area contributed by atoms with Gasteiger partial charge in [0.1, 0.15) is 5.75 Å². The first-order chi connectivity index (χ1) is 9.09. The molecule has 0 fully saturated rings.